The first-order chi connectivity index (χ1) is 9.56. The summed E-state index contributed by atoms with van der Waals surface area (Å²) in [7, 11) is 1.67. The van der Waals surface area contributed by atoms with Crippen molar-refractivity contribution in [3.8, 4) is 0 Å². The predicted octanol–water partition coefficient (Wildman–Crippen LogP) is 2.52. The second kappa shape index (κ2) is 5.10. The smallest absolute Gasteiger partial charge is 0.268 e. The van der Waals surface area contributed by atoms with Crippen molar-refractivity contribution in [2.45, 2.75) is 25.3 Å². The minimum absolute atomic E-state index is 0.180. The van der Waals surface area contributed by atoms with Crippen LogP contribution in [0.3, 0.4) is 0 Å². The van der Waals surface area contributed by atoms with Crippen molar-refractivity contribution in [2.24, 2.45) is 7.05 Å². The van der Waals surface area contributed by atoms with E-state index < -0.39 is 0 Å². The molecule has 6 nitrogen and oxygen atoms in total. The van der Waals surface area contributed by atoms with Gasteiger partial charge in [0.2, 0.25) is 5.89 Å². The molecule has 1 aliphatic rings. The molecule has 0 radical (unpaired) electrons. The molecule has 0 atom stereocenters. The number of hydrogen-bond donors (Lipinski definition) is 1. The molecular formula is C12H12Cl2N4O2. The Labute approximate surface area is 125 Å². The summed E-state index contributed by atoms with van der Waals surface area (Å²) in [6, 6.07) is 1.52. The quantitative estimate of drug-likeness (QED) is 0.941. The van der Waals surface area contributed by atoms with Crippen molar-refractivity contribution in [3.05, 3.63) is 33.7 Å². The van der Waals surface area contributed by atoms with Crippen molar-refractivity contribution in [1.29, 1.82) is 0 Å². The Balaban J connectivity index is 1.64. The molecule has 2 aromatic heterocycles. The van der Waals surface area contributed by atoms with Crippen molar-refractivity contribution in [1.82, 2.24) is 20.0 Å². The predicted molar refractivity (Wildman–Crippen MR) is 72.9 cm³/mol. The zero-order valence-corrected chi connectivity index (χ0v) is 12.2. The van der Waals surface area contributed by atoms with Crippen LogP contribution < -0.4 is 5.32 Å². The molecule has 0 saturated heterocycles. The SMILES string of the molecule is Cn1c(C(=O)NCc2nc(C3CC3)no2)cc(Cl)c1Cl. The Morgan fingerprint density at radius 1 is 1.55 bits per heavy atom. The van der Waals surface area contributed by atoms with E-state index in [4.69, 9.17) is 27.7 Å². The molecule has 2 heterocycles. The molecule has 20 heavy (non-hydrogen) atoms. The van der Waals surface area contributed by atoms with Gasteiger partial charge in [-0.15, -0.1) is 0 Å². The molecule has 2 aromatic rings. The largest absolute Gasteiger partial charge is 0.342 e. The van der Waals surface area contributed by atoms with Gasteiger partial charge in [0.1, 0.15) is 10.8 Å². The van der Waals surface area contributed by atoms with Crippen LogP contribution in [0.2, 0.25) is 10.2 Å². The minimum Gasteiger partial charge on any atom is -0.342 e. The lowest BCUT2D eigenvalue weighted by Gasteiger charge is -2.03. The van der Waals surface area contributed by atoms with E-state index in [0.717, 1.165) is 18.7 Å². The lowest BCUT2D eigenvalue weighted by Crippen LogP contribution is -2.25. The van der Waals surface area contributed by atoms with E-state index in [0.29, 0.717) is 27.7 Å². The van der Waals surface area contributed by atoms with Gasteiger partial charge in [0.15, 0.2) is 5.82 Å². The molecule has 1 aliphatic carbocycles. The van der Waals surface area contributed by atoms with Crippen LogP contribution in [0.5, 0.6) is 0 Å². The number of hydrogen-bond acceptors (Lipinski definition) is 4. The van der Waals surface area contributed by atoms with E-state index in [1.54, 1.807) is 7.05 Å². The summed E-state index contributed by atoms with van der Waals surface area (Å²) in [6.45, 7) is 0.180. The summed E-state index contributed by atoms with van der Waals surface area (Å²) >= 11 is 11.8. The second-order valence-electron chi connectivity index (χ2n) is 4.73. The lowest BCUT2D eigenvalue weighted by atomic mass is 10.4. The number of nitrogens with zero attached hydrogens (tertiary/aromatic N) is 3. The molecule has 1 saturated carbocycles. The molecule has 1 N–H and O–H groups in total. The fourth-order valence-corrected chi connectivity index (χ4v) is 2.23. The number of halogens is 2. The van der Waals surface area contributed by atoms with Gasteiger partial charge in [-0.2, -0.15) is 4.98 Å². The molecule has 1 amide bonds. The number of rotatable bonds is 4. The molecular weight excluding hydrogens is 303 g/mol. The maximum atomic E-state index is 12.0. The first-order valence-electron chi connectivity index (χ1n) is 6.17. The Morgan fingerprint density at radius 3 is 2.90 bits per heavy atom. The highest BCUT2D eigenvalue weighted by molar-refractivity contribution is 6.41. The maximum Gasteiger partial charge on any atom is 0.268 e. The third kappa shape index (κ3) is 2.53. The van der Waals surface area contributed by atoms with Gasteiger partial charge in [-0.25, -0.2) is 0 Å². The van der Waals surface area contributed by atoms with E-state index in [-0.39, 0.29) is 12.5 Å². The minimum atomic E-state index is -0.299. The summed E-state index contributed by atoms with van der Waals surface area (Å²) in [5, 5.41) is 7.24. The van der Waals surface area contributed by atoms with Crippen LogP contribution >= 0.6 is 23.2 Å². The Bertz CT molecular complexity index is 660. The van der Waals surface area contributed by atoms with Gasteiger partial charge >= 0.3 is 0 Å². The topological polar surface area (TPSA) is 73.0 Å². The van der Waals surface area contributed by atoms with Crippen LogP contribution in [0.4, 0.5) is 0 Å². The molecule has 106 valence electrons. The van der Waals surface area contributed by atoms with Crippen LogP contribution in [0.15, 0.2) is 10.6 Å². The zero-order chi connectivity index (χ0) is 14.3. The summed E-state index contributed by atoms with van der Waals surface area (Å²) in [4.78, 5) is 16.2. The van der Waals surface area contributed by atoms with Gasteiger partial charge < -0.3 is 14.4 Å². The van der Waals surface area contributed by atoms with Gasteiger partial charge in [0.05, 0.1) is 11.6 Å². The average molecular weight is 315 g/mol. The number of aromatic nitrogens is 3. The third-order valence-electron chi connectivity index (χ3n) is 3.18. The van der Waals surface area contributed by atoms with E-state index in [2.05, 4.69) is 15.5 Å². The van der Waals surface area contributed by atoms with Gasteiger partial charge in [-0.1, -0.05) is 28.4 Å². The molecule has 0 bridgehead atoms. The number of carbonyl (C=O) groups excluding carboxylic acids is 1. The second-order valence-corrected chi connectivity index (χ2v) is 5.50. The average Bonchev–Trinajstić information content (AvgIpc) is 3.13. The first-order valence-corrected chi connectivity index (χ1v) is 6.93. The monoisotopic (exact) mass is 314 g/mol. The Hall–Kier alpha value is -1.53. The van der Waals surface area contributed by atoms with Crippen molar-refractivity contribution >= 4 is 29.1 Å². The maximum absolute atomic E-state index is 12.0. The Kier molecular flexibility index (Phi) is 3.43. The molecule has 0 aromatic carbocycles. The van der Waals surface area contributed by atoms with Crippen LogP contribution in [-0.2, 0) is 13.6 Å². The molecule has 8 heteroatoms. The van der Waals surface area contributed by atoms with Gasteiger partial charge in [-0.05, 0) is 18.9 Å². The van der Waals surface area contributed by atoms with Crippen molar-refractivity contribution < 1.29 is 9.32 Å². The van der Waals surface area contributed by atoms with Crippen LogP contribution in [0.1, 0.15) is 41.0 Å². The number of nitrogens with one attached hydrogen (secondary N) is 1. The van der Waals surface area contributed by atoms with Gasteiger partial charge in [-0.3, -0.25) is 4.79 Å². The molecule has 1 fully saturated rings. The van der Waals surface area contributed by atoms with Crippen molar-refractivity contribution in [3.63, 3.8) is 0 Å². The molecule has 0 aliphatic heterocycles. The standard InChI is InChI=1S/C12H12Cl2N4O2/c1-18-8(4-7(13)10(18)14)12(19)15-5-9-16-11(17-20-9)6-2-3-6/h4,6H,2-3,5H2,1H3,(H,15,19). The highest BCUT2D eigenvalue weighted by Gasteiger charge is 2.28. The van der Waals surface area contributed by atoms with Crippen molar-refractivity contribution in [2.75, 3.05) is 0 Å². The van der Waals surface area contributed by atoms with Crippen LogP contribution in [0, 0.1) is 0 Å². The Morgan fingerprint density at radius 2 is 2.30 bits per heavy atom. The zero-order valence-electron chi connectivity index (χ0n) is 10.7. The number of carbonyl (C=O) groups is 1. The van der Waals surface area contributed by atoms with E-state index in [1.807, 2.05) is 0 Å². The first kappa shape index (κ1) is 13.5. The summed E-state index contributed by atoms with van der Waals surface area (Å²) in [5.74, 6) is 1.24. The van der Waals surface area contributed by atoms with E-state index >= 15 is 0 Å². The summed E-state index contributed by atoms with van der Waals surface area (Å²) in [5.41, 5.74) is 0.377. The van der Waals surface area contributed by atoms with E-state index in [9.17, 15) is 4.79 Å². The molecule has 0 unspecified atom stereocenters. The fraction of sp³-hybridized carbons (Fsp3) is 0.417. The highest BCUT2D eigenvalue weighted by atomic mass is 35.5. The molecule has 3 rings (SSSR count). The molecule has 0 spiro atoms. The highest BCUT2D eigenvalue weighted by Crippen LogP contribution is 2.38. The van der Waals surface area contributed by atoms with Gasteiger partial charge in [0.25, 0.3) is 5.91 Å². The third-order valence-corrected chi connectivity index (χ3v) is 4.02. The van der Waals surface area contributed by atoms with Crippen LogP contribution in [-0.4, -0.2) is 20.6 Å². The van der Waals surface area contributed by atoms with E-state index in [1.165, 1.54) is 10.6 Å². The van der Waals surface area contributed by atoms with Gasteiger partial charge in [0, 0.05) is 13.0 Å². The fourth-order valence-electron chi connectivity index (χ4n) is 1.85. The lowest BCUT2D eigenvalue weighted by molar-refractivity contribution is 0.0938. The summed E-state index contributed by atoms with van der Waals surface area (Å²) in [6.07, 6.45) is 2.21. The summed E-state index contributed by atoms with van der Waals surface area (Å²) < 4.78 is 6.59. The normalized spacial score (nSPS) is 14.6. The number of amides is 1. The van der Waals surface area contributed by atoms with Crippen LogP contribution in [0.25, 0.3) is 0 Å².